The van der Waals surface area contributed by atoms with Crippen molar-refractivity contribution in [2.45, 2.75) is 12.8 Å². The third-order valence-electron chi connectivity index (χ3n) is 6.13. The molecule has 0 radical (unpaired) electrons. The van der Waals surface area contributed by atoms with Gasteiger partial charge in [-0.25, -0.2) is 4.98 Å². The molecule has 4 aromatic carbocycles. The highest BCUT2D eigenvalue weighted by Gasteiger charge is 2.31. The maximum Gasteiger partial charge on any atom is 0.416 e. The number of benzene rings is 4. The van der Waals surface area contributed by atoms with Crippen molar-refractivity contribution >= 4 is 49.0 Å². The fourth-order valence-electron chi connectivity index (χ4n) is 4.11. The van der Waals surface area contributed by atoms with Gasteiger partial charge in [-0.3, -0.25) is 4.79 Å². The number of halogens is 5. The van der Waals surface area contributed by atoms with Crippen LogP contribution in [0, 0.1) is 0 Å². The number of rotatable bonds is 7. The van der Waals surface area contributed by atoms with E-state index in [9.17, 15) is 18.0 Å². The zero-order valence-corrected chi connectivity index (χ0v) is 24.5. The van der Waals surface area contributed by atoms with Crippen molar-refractivity contribution in [1.82, 2.24) is 9.66 Å². The van der Waals surface area contributed by atoms with Crippen molar-refractivity contribution in [2.24, 2.45) is 5.10 Å². The van der Waals surface area contributed by atoms with E-state index in [1.54, 1.807) is 42.5 Å². The molecule has 0 saturated heterocycles. The summed E-state index contributed by atoms with van der Waals surface area (Å²) < 4.78 is 54.9. The van der Waals surface area contributed by atoms with Crippen molar-refractivity contribution in [3.8, 4) is 22.9 Å². The Morgan fingerprint density at radius 1 is 0.976 bits per heavy atom. The monoisotopic (exact) mass is 685 g/mol. The molecule has 0 aliphatic heterocycles. The number of aromatic nitrogens is 2. The molecule has 6 nitrogen and oxygen atoms in total. The van der Waals surface area contributed by atoms with Crippen LogP contribution in [0.2, 0.25) is 0 Å². The van der Waals surface area contributed by atoms with Gasteiger partial charge in [-0.1, -0.05) is 68.3 Å². The second kappa shape index (κ2) is 11.9. The molecule has 0 aliphatic carbocycles. The van der Waals surface area contributed by atoms with Crippen LogP contribution in [-0.4, -0.2) is 23.0 Å². The third-order valence-corrected chi connectivity index (χ3v) is 7.36. The van der Waals surface area contributed by atoms with Crippen LogP contribution in [0.3, 0.4) is 0 Å². The molecular weight excluding hydrogens is 667 g/mol. The minimum absolute atomic E-state index is 0.0415. The van der Waals surface area contributed by atoms with E-state index in [1.807, 2.05) is 18.2 Å². The largest absolute Gasteiger partial charge is 0.493 e. The molecule has 0 atom stereocenters. The fourth-order valence-corrected chi connectivity index (χ4v) is 5.27. The molecule has 0 amide bonds. The first-order valence-electron chi connectivity index (χ1n) is 12.1. The number of methoxy groups -OCH3 is 1. The van der Waals surface area contributed by atoms with Crippen LogP contribution in [0.5, 0.6) is 11.5 Å². The van der Waals surface area contributed by atoms with Gasteiger partial charge in [0, 0.05) is 25.6 Å². The zero-order valence-electron chi connectivity index (χ0n) is 21.3. The van der Waals surface area contributed by atoms with E-state index in [2.05, 4.69) is 41.9 Å². The summed E-state index contributed by atoms with van der Waals surface area (Å²) in [6.45, 7) is 0.196. The van der Waals surface area contributed by atoms with Gasteiger partial charge in [0.1, 0.15) is 6.61 Å². The van der Waals surface area contributed by atoms with Crippen molar-refractivity contribution in [2.75, 3.05) is 7.11 Å². The molecule has 0 aliphatic rings. The SMILES string of the molecule is COc1cccc(C=Nn2c(-c3cccc(C(F)(F)F)c3)nc3ccccc3c2=O)c1OCc1ccc(Br)cc1Br. The number of hydrogen-bond acceptors (Lipinski definition) is 5. The summed E-state index contributed by atoms with van der Waals surface area (Å²) in [5.74, 6) is 0.764. The standard InChI is InChI=1S/C30H20Br2F3N3O3/c1-40-26-11-5-7-19(27(26)41-17-20-12-13-22(31)15-24(20)32)16-36-38-28(18-6-4-8-21(14-18)30(33,34)35)37-25-10-3-2-9-23(25)29(38)39/h2-16H,17H2,1H3. The lowest BCUT2D eigenvalue weighted by atomic mass is 10.1. The van der Waals surface area contributed by atoms with Gasteiger partial charge < -0.3 is 9.47 Å². The summed E-state index contributed by atoms with van der Waals surface area (Å²) in [6.07, 6.45) is -3.18. The second-order valence-electron chi connectivity index (χ2n) is 8.80. The van der Waals surface area contributed by atoms with E-state index in [-0.39, 0.29) is 23.4 Å². The molecule has 1 aromatic heterocycles. The first kappa shape index (κ1) is 28.6. The summed E-state index contributed by atoms with van der Waals surface area (Å²) in [7, 11) is 1.50. The van der Waals surface area contributed by atoms with Gasteiger partial charge in [0.2, 0.25) is 0 Å². The molecule has 11 heteroatoms. The molecule has 0 bridgehead atoms. The van der Waals surface area contributed by atoms with E-state index in [1.165, 1.54) is 25.5 Å². The summed E-state index contributed by atoms with van der Waals surface area (Å²) in [5.41, 5.74) is 0.374. The van der Waals surface area contributed by atoms with Crippen molar-refractivity contribution in [1.29, 1.82) is 0 Å². The van der Waals surface area contributed by atoms with Crippen LogP contribution in [0.15, 0.2) is 104 Å². The third kappa shape index (κ3) is 6.20. The van der Waals surface area contributed by atoms with Gasteiger partial charge in [-0.05, 0) is 48.5 Å². The Bertz CT molecular complexity index is 1840. The molecule has 0 N–H and O–H groups in total. The average Bonchev–Trinajstić information content (AvgIpc) is 2.96. The van der Waals surface area contributed by atoms with Crippen LogP contribution in [-0.2, 0) is 12.8 Å². The van der Waals surface area contributed by atoms with E-state index >= 15 is 0 Å². The lowest BCUT2D eigenvalue weighted by molar-refractivity contribution is -0.137. The van der Waals surface area contributed by atoms with E-state index in [0.29, 0.717) is 22.6 Å². The van der Waals surface area contributed by atoms with Crippen LogP contribution < -0.4 is 15.0 Å². The minimum Gasteiger partial charge on any atom is -0.493 e. The number of hydrogen-bond donors (Lipinski definition) is 0. The number of nitrogens with zero attached hydrogens (tertiary/aromatic N) is 3. The topological polar surface area (TPSA) is 65.7 Å². The highest BCUT2D eigenvalue weighted by molar-refractivity contribution is 9.11. The second-order valence-corrected chi connectivity index (χ2v) is 10.6. The highest BCUT2D eigenvalue weighted by atomic mass is 79.9. The molecule has 5 rings (SSSR count). The van der Waals surface area contributed by atoms with Gasteiger partial charge in [0.05, 0.1) is 29.8 Å². The molecule has 0 saturated carbocycles. The van der Waals surface area contributed by atoms with Gasteiger partial charge in [-0.15, -0.1) is 0 Å². The molecule has 208 valence electrons. The molecule has 0 fully saturated rings. The fraction of sp³-hybridized carbons (Fsp3) is 0.100. The van der Waals surface area contributed by atoms with Crippen LogP contribution in [0.25, 0.3) is 22.3 Å². The average molecular weight is 687 g/mol. The van der Waals surface area contributed by atoms with Crippen LogP contribution in [0.4, 0.5) is 13.2 Å². The number of ether oxygens (including phenoxy) is 2. The number of fused-ring (bicyclic) bond motifs is 1. The smallest absolute Gasteiger partial charge is 0.416 e. The molecule has 0 unspecified atom stereocenters. The summed E-state index contributed by atoms with van der Waals surface area (Å²) in [5, 5.41) is 4.67. The maximum atomic E-state index is 13.5. The molecular formula is C30H20Br2F3N3O3. The predicted molar refractivity (Wildman–Crippen MR) is 159 cm³/mol. The van der Waals surface area contributed by atoms with E-state index in [0.717, 1.165) is 31.3 Å². The normalized spacial score (nSPS) is 11.8. The predicted octanol–water partition coefficient (Wildman–Crippen LogP) is 8.08. The number of para-hydroxylation sites is 2. The quantitative estimate of drug-likeness (QED) is 0.163. The molecule has 41 heavy (non-hydrogen) atoms. The van der Waals surface area contributed by atoms with Crippen molar-refractivity contribution in [3.63, 3.8) is 0 Å². The Kier molecular flexibility index (Phi) is 8.27. The van der Waals surface area contributed by atoms with E-state index < -0.39 is 17.3 Å². The summed E-state index contributed by atoms with van der Waals surface area (Å²) >= 11 is 6.96. The summed E-state index contributed by atoms with van der Waals surface area (Å²) in [4.78, 5) is 18.0. The highest BCUT2D eigenvalue weighted by Crippen LogP contribution is 2.33. The number of alkyl halides is 3. The zero-order chi connectivity index (χ0) is 29.1. The van der Waals surface area contributed by atoms with Gasteiger partial charge in [0.15, 0.2) is 17.3 Å². The Balaban J connectivity index is 1.61. The van der Waals surface area contributed by atoms with Gasteiger partial charge in [-0.2, -0.15) is 22.9 Å². The summed E-state index contributed by atoms with van der Waals surface area (Å²) in [6, 6.07) is 22.1. The maximum absolute atomic E-state index is 13.5. The minimum atomic E-state index is -4.57. The molecule has 1 heterocycles. The molecule has 0 spiro atoms. The molecule has 5 aromatic rings. The van der Waals surface area contributed by atoms with Crippen molar-refractivity contribution < 1.29 is 22.6 Å². The first-order valence-corrected chi connectivity index (χ1v) is 13.7. The Morgan fingerprint density at radius 2 is 1.76 bits per heavy atom. The first-order chi connectivity index (χ1) is 19.7. The van der Waals surface area contributed by atoms with Crippen LogP contribution >= 0.6 is 31.9 Å². The van der Waals surface area contributed by atoms with Crippen molar-refractivity contribution in [3.05, 3.63) is 121 Å². The Hall–Kier alpha value is -3.96. The van der Waals surface area contributed by atoms with Gasteiger partial charge >= 0.3 is 6.18 Å². The van der Waals surface area contributed by atoms with E-state index in [4.69, 9.17) is 9.47 Å². The Morgan fingerprint density at radius 3 is 2.51 bits per heavy atom. The lowest BCUT2D eigenvalue weighted by Gasteiger charge is -2.15. The van der Waals surface area contributed by atoms with Crippen LogP contribution in [0.1, 0.15) is 16.7 Å². The lowest BCUT2D eigenvalue weighted by Crippen LogP contribution is -2.20. The van der Waals surface area contributed by atoms with Gasteiger partial charge in [0.25, 0.3) is 5.56 Å². The Labute approximate surface area is 249 Å².